The summed E-state index contributed by atoms with van der Waals surface area (Å²) in [6, 6.07) is 2.08. The molecule has 0 saturated heterocycles. The van der Waals surface area contributed by atoms with Crippen LogP contribution in [0.4, 0.5) is 0 Å². The van der Waals surface area contributed by atoms with Crippen LogP contribution in [0.1, 0.15) is 11.3 Å². The lowest BCUT2D eigenvalue weighted by Gasteiger charge is -1.91. The molecular formula is C9H9BrN2. The van der Waals surface area contributed by atoms with E-state index in [0.717, 1.165) is 10.1 Å². The van der Waals surface area contributed by atoms with Crippen molar-refractivity contribution in [1.29, 1.82) is 0 Å². The van der Waals surface area contributed by atoms with E-state index >= 15 is 0 Å². The highest BCUT2D eigenvalue weighted by Crippen LogP contribution is 2.22. The Morgan fingerprint density at radius 3 is 2.92 bits per heavy atom. The molecule has 2 heterocycles. The lowest BCUT2D eigenvalue weighted by molar-refractivity contribution is 1.22. The van der Waals surface area contributed by atoms with Crippen molar-refractivity contribution >= 4 is 27.0 Å². The van der Waals surface area contributed by atoms with Crippen LogP contribution in [0.25, 0.3) is 11.0 Å². The summed E-state index contributed by atoms with van der Waals surface area (Å²) < 4.78 is 1.03. The fraction of sp³-hybridized carbons (Fsp3) is 0.222. The Morgan fingerprint density at radius 1 is 1.42 bits per heavy atom. The summed E-state index contributed by atoms with van der Waals surface area (Å²) >= 11 is 3.40. The van der Waals surface area contributed by atoms with Crippen LogP contribution in [0.2, 0.25) is 0 Å². The van der Waals surface area contributed by atoms with E-state index in [-0.39, 0.29) is 0 Å². The number of hydrogen-bond acceptors (Lipinski definition) is 1. The second-order valence-electron chi connectivity index (χ2n) is 2.92. The predicted octanol–water partition coefficient (Wildman–Crippen LogP) is 2.94. The molecule has 0 aliphatic rings. The summed E-state index contributed by atoms with van der Waals surface area (Å²) in [6.45, 7) is 4.16. The van der Waals surface area contributed by atoms with Gasteiger partial charge in [0.1, 0.15) is 5.65 Å². The van der Waals surface area contributed by atoms with Gasteiger partial charge in [-0.2, -0.15) is 0 Å². The van der Waals surface area contributed by atoms with Gasteiger partial charge in [0.2, 0.25) is 0 Å². The van der Waals surface area contributed by atoms with E-state index in [1.54, 1.807) is 6.20 Å². The normalized spacial score (nSPS) is 10.9. The van der Waals surface area contributed by atoms with Crippen LogP contribution < -0.4 is 0 Å². The standard InChI is InChI=1S/C9H9BrN2/c1-5-6(2)12-9-8(5)3-7(10)4-11-9/h3-4H,1-2H3,(H,11,12). The molecule has 1 N–H and O–H groups in total. The Balaban J connectivity index is 2.88. The van der Waals surface area contributed by atoms with Crippen LogP contribution in [-0.2, 0) is 0 Å². The Kier molecular flexibility index (Phi) is 1.68. The first-order valence-corrected chi connectivity index (χ1v) is 4.58. The van der Waals surface area contributed by atoms with Crippen LogP contribution in [0.5, 0.6) is 0 Å². The molecule has 0 unspecified atom stereocenters. The smallest absolute Gasteiger partial charge is 0.137 e. The molecule has 62 valence electrons. The van der Waals surface area contributed by atoms with Crippen LogP contribution in [0, 0.1) is 13.8 Å². The third-order valence-electron chi connectivity index (χ3n) is 2.13. The molecule has 0 amide bonds. The molecule has 2 aromatic rings. The fourth-order valence-electron chi connectivity index (χ4n) is 1.30. The first kappa shape index (κ1) is 7.80. The summed E-state index contributed by atoms with van der Waals surface area (Å²) in [4.78, 5) is 7.48. The van der Waals surface area contributed by atoms with E-state index in [1.807, 2.05) is 0 Å². The molecule has 0 spiro atoms. The minimum Gasteiger partial charge on any atom is -0.343 e. The number of fused-ring (bicyclic) bond motifs is 1. The highest BCUT2D eigenvalue weighted by molar-refractivity contribution is 9.10. The monoisotopic (exact) mass is 224 g/mol. The quantitative estimate of drug-likeness (QED) is 0.733. The average Bonchev–Trinajstić information content (AvgIpc) is 2.31. The lowest BCUT2D eigenvalue weighted by Crippen LogP contribution is -1.75. The number of rotatable bonds is 0. The van der Waals surface area contributed by atoms with Crippen molar-refractivity contribution in [2.24, 2.45) is 0 Å². The van der Waals surface area contributed by atoms with Crippen LogP contribution in [0.15, 0.2) is 16.7 Å². The SMILES string of the molecule is Cc1[nH]c2ncc(Br)cc2c1C. The summed E-state index contributed by atoms with van der Waals surface area (Å²) in [5.74, 6) is 0. The minimum absolute atomic E-state index is 0.966. The third kappa shape index (κ3) is 1.05. The number of hydrogen-bond donors (Lipinski definition) is 1. The molecule has 0 atom stereocenters. The van der Waals surface area contributed by atoms with E-state index in [0.29, 0.717) is 0 Å². The topological polar surface area (TPSA) is 28.7 Å². The Morgan fingerprint density at radius 2 is 2.17 bits per heavy atom. The molecule has 0 bridgehead atoms. The van der Waals surface area contributed by atoms with Gasteiger partial charge in [-0.3, -0.25) is 0 Å². The van der Waals surface area contributed by atoms with Crippen molar-refractivity contribution in [3.63, 3.8) is 0 Å². The van der Waals surface area contributed by atoms with Gasteiger partial charge >= 0.3 is 0 Å². The molecule has 2 aromatic heterocycles. The van der Waals surface area contributed by atoms with Gasteiger partial charge in [0.25, 0.3) is 0 Å². The Labute approximate surface area is 79.1 Å². The molecule has 0 aliphatic carbocycles. The van der Waals surface area contributed by atoms with Gasteiger partial charge in [-0.25, -0.2) is 4.98 Å². The lowest BCUT2D eigenvalue weighted by atomic mass is 10.2. The number of pyridine rings is 1. The first-order chi connectivity index (χ1) is 5.68. The van der Waals surface area contributed by atoms with Crippen molar-refractivity contribution in [2.75, 3.05) is 0 Å². The van der Waals surface area contributed by atoms with Gasteiger partial charge in [0.15, 0.2) is 0 Å². The average molecular weight is 225 g/mol. The highest BCUT2D eigenvalue weighted by Gasteiger charge is 2.04. The summed E-state index contributed by atoms with van der Waals surface area (Å²) in [5, 5.41) is 1.20. The van der Waals surface area contributed by atoms with Gasteiger partial charge in [-0.15, -0.1) is 0 Å². The predicted molar refractivity (Wildman–Crippen MR) is 53.3 cm³/mol. The maximum Gasteiger partial charge on any atom is 0.137 e. The van der Waals surface area contributed by atoms with Gasteiger partial charge in [0, 0.05) is 21.7 Å². The number of aromatic nitrogens is 2. The zero-order valence-electron chi connectivity index (χ0n) is 6.98. The van der Waals surface area contributed by atoms with Crippen molar-refractivity contribution in [1.82, 2.24) is 9.97 Å². The molecule has 12 heavy (non-hydrogen) atoms. The van der Waals surface area contributed by atoms with Crippen LogP contribution in [-0.4, -0.2) is 9.97 Å². The van der Waals surface area contributed by atoms with Crippen molar-refractivity contribution in [3.8, 4) is 0 Å². The van der Waals surface area contributed by atoms with Crippen molar-refractivity contribution in [3.05, 3.63) is 28.0 Å². The van der Waals surface area contributed by atoms with E-state index < -0.39 is 0 Å². The maximum atomic E-state index is 4.26. The number of nitrogens with one attached hydrogen (secondary N) is 1. The van der Waals surface area contributed by atoms with Gasteiger partial charge < -0.3 is 4.98 Å². The minimum atomic E-state index is 0.966. The van der Waals surface area contributed by atoms with Crippen molar-refractivity contribution < 1.29 is 0 Å². The third-order valence-corrected chi connectivity index (χ3v) is 2.56. The number of aryl methyl sites for hydroxylation is 2. The van der Waals surface area contributed by atoms with E-state index in [2.05, 4.69) is 45.8 Å². The fourth-order valence-corrected chi connectivity index (χ4v) is 1.63. The number of nitrogens with zero attached hydrogens (tertiary/aromatic N) is 1. The zero-order chi connectivity index (χ0) is 8.72. The number of H-pyrrole nitrogens is 1. The zero-order valence-corrected chi connectivity index (χ0v) is 8.57. The summed E-state index contributed by atoms with van der Waals surface area (Å²) in [5.41, 5.74) is 3.43. The molecule has 0 aliphatic heterocycles. The molecule has 0 aromatic carbocycles. The molecule has 2 rings (SSSR count). The Hall–Kier alpha value is -0.830. The van der Waals surface area contributed by atoms with E-state index in [1.165, 1.54) is 16.6 Å². The molecule has 0 radical (unpaired) electrons. The Bertz CT molecular complexity index is 431. The molecule has 3 heteroatoms. The van der Waals surface area contributed by atoms with Crippen LogP contribution in [0.3, 0.4) is 0 Å². The largest absolute Gasteiger partial charge is 0.343 e. The molecule has 2 nitrogen and oxygen atoms in total. The molecular weight excluding hydrogens is 216 g/mol. The van der Waals surface area contributed by atoms with Crippen LogP contribution >= 0.6 is 15.9 Å². The van der Waals surface area contributed by atoms with E-state index in [9.17, 15) is 0 Å². The second kappa shape index (κ2) is 2.59. The molecule has 0 fully saturated rings. The van der Waals surface area contributed by atoms with Gasteiger partial charge in [0.05, 0.1) is 0 Å². The number of halogens is 1. The second-order valence-corrected chi connectivity index (χ2v) is 3.84. The van der Waals surface area contributed by atoms with Gasteiger partial charge in [-0.1, -0.05) is 0 Å². The first-order valence-electron chi connectivity index (χ1n) is 3.79. The molecule has 0 saturated carbocycles. The van der Waals surface area contributed by atoms with Gasteiger partial charge in [-0.05, 0) is 41.4 Å². The van der Waals surface area contributed by atoms with Crippen molar-refractivity contribution in [2.45, 2.75) is 13.8 Å². The number of aromatic amines is 1. The summed E-state index contributed by atoms with van der Waals surface area (Å²) in [6.07, 6.45) is 1.80. The van der Waals surface area contributed by atoms with E-state index in [4.69, 9.17) is 0 Å². The summed E-state index contributed by atoms with van der Waals surface area (Å²) in [7, 11) is 0. The highest BCUT2D eigenvalue weighted by atomic mass is 79.9. The maximum absolute atomic E-state index is 4.26.